The van der Waals surface area contributed by atoms with Crippen molar-refractivity contribution in [3.8, 4) is 0 Å². The Morgan fingerprint density at radius 2 is 1.76 bits per heavy atom. The number of hydrogen-bond donors (Lipinski definition) is 2. The van der Waals surface area contributed by atoms with E-state index in [-0.39, 0.29) is 29.6 Å². The Morgan fingerprint density at radius 1 is 1.19 bits per heavy atom. The topological polar surface area (TPSA) is 89.3 Å². The molecule has 21 heavy (non-hydrogen) atoms. The maximum atomic E-state index is 12.2. The van der Waals surface area contributed by atoms with E-state index in [1.165, 1.54) is 0 Å². The van der Waals surface area contributed by atoms with Crippen LogP contribution < -0.4 is 11.1 Å². The van der Waals surface area contributed by atoms with E-state index in [0.717, 1.165) is 0 Å². The van der Waals surface area contributed by atoms with Crippen LogP contribution in [0.1, 0.15) is 26.7 Å². The molecule has 118 valence electrons. The number of rotatable bonds is 8. The molecule has 1 aromatic rings. The molecular weight excluding hydrogens is 288 g/mol. The molecule has 0 saturated carbocycles. The van der Waals surface area contributed by atoms with Gasteiger partial charge in [-0.15, -0.1) is 0 Å². The van der Waals surface area contributed by atoms with Crippen LogP contribution in [0.5, 0.6) is 0 Å². The minimum absolute atomic E-state index is 0.0951. The summed E-state index contributed by atoms with van der Waals surface area (Å²) in [6.07, 6.45) is 1.27. The molecule has 0 aliphatic rings. The second kappa shape index (κ2) is 7.56. The zero-order chi connectivity index (χ0) is 15.9. The van der Waals surface area contributed by atoms with Gasteiger partial charge in [0.1, 0.15) is 0 Å². The average Bonchev–Trinajstić information content (AvgIpc) is 2.50. The van der Waals surface area contributed by atoms with E-state index in [9.17, 15) is 13.2 Å². The van der Waals surface area contributed by atoms with Crippen molar-refractivity contribution >= 4 is 15.7 Å². The van der Waals surface area contributed by atoms with E-state index < -0.39 is 15.3 Å². The molecule has 0 aliphatic heterocycles. The van der Waals surface area contributed by atoms with Gasteiger partial charge >= 0.3 is 0 Å². The summed E-state index contributed by atoms with van der Waals surface area (Å²) in [5.74, 6) is -0.283. The molecule has 0 fully saturated rings. The SMILES string of the molecule is CCC(CC)(CN)C(=O)NCCS(=O)(=O)c1ccccc1. The van der Waals surface area contributed by atoms with E-state index >= 15 is 0 Å². The molecule has 0 heterocycles. The van der Waals surface area contributed by atoms with Crippen LogP contribution in [-0.2, 0) is 14.6 Å². The Bertz CT molecular complexity index is 543. The van der Waals surface area contributed by atoms with Crippen molar-refractivity contribution in [2.75, 3.05) is 18.8 Å². The maximum absolute atomic E-state index is 12.2. The van der Waals surface area contributed by atoms with Gasteiger partial charge in [-0.25, -0.2) is 8.42 Å². The van der Waals surface area contributed by atoms with E-state index in [1.54, 1.807) is 30.3 Å². The van der Waals surface area contributed by atoms with Crippen LogP contribution in [0.3, 0.4) is 0 Å². The normalized spacial score (nSPS) is 12.1. The van der Waals surface area contributed by atoms with E-state index in [0.29, 0.717) is 12.8 Å². The van der Waals surface area contributed by atoms with E-state index in [1.807, 2.05) is 13.8 Å². The van der Waals surface area contributed by atoms with Crippen molar-refractivity contribution < 1.29 is 13.2 Å². The Balaban J connectivity index is 2.63. The molecule has 0 unspecified atom stereocenters. The van der Waals surface area contributed by atoms with Crippen molar-refractivity contribution in [2.24, 2.45) is 11.1 Å². The fourth-order valence-corrected chi connectivity index (χ4v) is 3.36. The number of benzene rings is 1. The molecule has 1 amide bonds. The second-order valence-electron chi connectivity index (χ2n) is 5.08. The molecule has 1 rings (SSSR count). The van der Waals surface area contributed by atoms with Gasteiger partial charge in [0.2, 0.25) is 5.91 Å². The fourth-order valence-electron chi connectivity index (χ4n) is 2.18. The van der Waals surface area contributed by atoms with Gasteiger partial charge in [0, 0.05) is 13.1 Å². The molecule has 0 bridgehead atoms. The molecule has 5 nitrogen and oxygen atoms in total. The molecule has 1 aromatic carbocycles. The van der Waals surface area contributed by atoms with Gasteiger partial charge in [-0.1, -0.05) is 32.0 Å². The maximum Gasteiger partial charge on any atom is 0.227 e. The monoisotopic (exact) mass is 312 g/mol. The van der Waals surface area contributed by atoms with Crippen LogP contribution in [0.4, 0.5) is 0 Å². The third-order valence-electron chi connectivity index (χ3n) is 3.98. The van der Waals surface area contributed by atoms with Crippen LogP contribution in [0.2, 0.25) is 0 Å². The summed E-state index contributed by atoms with van der Waals surface area (Å²) < 4.78 is 24.2. The molecule has 3 N–H and O–H groups in total. The van der Waals surface area contributed by atoms with Crippen LogP contribution in [0.25, 0.3) is 0 Å². The molecule has 0 aliphatic carbocycles. The molecule has 6 heteroatoms. The number of carbonyl (C=O) groups excluding carboxylic acids is 1. The first kappa shape index (κ1) is 17.7. The summed E-state index contributed by atoms with van der Waals surface area (Å²) in [5, 5.41) is 2.70. The Labute approximate surface area is 126 Å². The lowest BCUT2D eigenvalue weighted by Crippen LogP contribution is -2.46. The first-order valence-corrected chi connectivity index (χ1v) is 8.83. The highest BCUT2D eigenvalue weighted by atomic mass is 32.2. The Morgan fingerprint density at radius 3 is 2.24 bits per heavy atom. The van der Waals surface area contributed by atoms with E-state index in [2.05, 4.69) is 5.32 Å². The third-order valence-corrected chi connectivity index (χ3v) is 5.72. The molecule has 0 radical (unpaired) electrons. The summed E-state index contributed by atoms with van der Waals surface area (Å²) in [4.78, 5) is 12.5. The zero-order valence-electron chi connectivity index (χ0n) is 12.6. The second-order valence-corrected chi connectivity index (χ2v) is 7.19. The lowest BCUT2D eigenvalue weighted by molar-refractivity contribution is -0.130. The number of amides is 1. The first-order chi connectivity index (χ1) is 9.91. The smallest absolute Gasteiger partial charge is 0.227 e. The quantitative estimate of drug-likeness (QED) is 0.758. The molecule has 0 saturated heterocycles. The lowest BCUT2D eigenvalue weighted by atomic mass is 9.81. The number of hydrogen-bond acceptors (Lipinski definition) is 4. The van der Waals surface area contributed by atoms with Gasteiger partial charge in [-0.3, -0.25) is 4.79 Å². The highest BCUT2D eigenvalue weighted by Crippen LogP contribution is 2.24. The summed E-state index contributed by atoms with van der Waals surface area (Å²) in [6.45, 7) is 4.18. The molecule has 0 atom stereocenters. The van der Waals surface area contributed by atoms with Gasteiger partial charge in [-0.2, -0.15) is 0 Å². The van der Waals surface area contributed by atoms with Crippen molar-refractivity contribution in [3.63, 3.8) is 0 Å². The van der Waals surface area contributed by atoms with Gasteiger partial charge in [0.15, 0.2) is 9.84 Å². The van der Waals surface area contributed by atoms with Crippen molar-refractivity contribution in [3.05, 3.63) is 30.3 Å². The summed E-state index contributed by atoms with van der Waals surface area (Å²) in [7, 11) is -3.37. The molecular formula is C15H24N2O3S. The fraction of sp³-hybridized carbons (Fsp3) is 0.533. The van der Waals surface area contributed by atoms with Crippen molar-refractivity contribution in [1.82, 2.24) is 5.32 Å². The molecule has 0 spiro atoms. The number of nitrogens with one attached hydrogen (secondary N) is 1. The highest BCUT2D eigenvalue weighted by molar-refractivity contribution is 7.91. The number of carbonyl (C=O) groups is 1. The van der Waals surface area contributed by atoms with E-state index in [4.69, 9.17) is 5.73 Å². The first-order valence-electron chi connectivity index (χ1n) is 7.18. The third kappa shape index (κ3) is 4.28. The van der Waals surface area contributed by atoms with Gasteiger partial charge in [-0.05, 0) is 25.0 Å². The summed E-state index contributed by atoms with van der Waals surface area (Å²) >= 11 is 0. The van der Waals surface area contributed by atoms with Gasteiger partial charge in [0.05, 0.1) is 16.1 Å². The van der Waals surface area contributed by atoms with Crippen LogP contribution >= 0.6 is 0 Å². The predicted octanol–water partition coefficient (Wildman–Crippen LogP) is 1.34. The zero-order valence-corrected chi connectivity index (χ0v) is 13.4. The lowest BCUT2D eigenvalue weighted by Gasteiger charge is -2.28. The van der Waals surface area contributed by atoms with Crippen LogP contribution in [0.15, 0.2) is 35.2 Å². The molecule has 0 aromatic heterocycles. The van der Waals surface area contributed by atoms with Crippen molar-refractivity contribution in [1.29, 1.82) is 0 Å². The minimum atomic E-state index is -3.37. The minimum Gasteiger partial charge on any atom is -0.355 e. The predicted molar refractivity (Wildman–Crippen MR) is 83.6 cm³/mol. The van der Waals surface area contributed by atoms with Gasteiger partial charge in [0.25, 0.3) is 0 Å². The summed E-state index contributed by atoms with van der Waals surface area (Å²) in [6, 6.07) is 8.23. The van der Waals surface area contributed by atoms with Crippen molar-refractivity contribution in [2.45, 2.75) is 31.6 Å². The summed E-state index contributed by atoms with van der Waals surface area (Å²) in [5.41, 5.74) is 5.10. The number of nitrogens with two attached hydrogens (primary N) is 1. The number of sulfone groups is 1. The van der Waals surface area contributed by atoms with Crippen LogP contribution in [-0.4, -0.2) is 33.2 Å². The standard InChI is InChI=1S/C15H24N2O3S/c1-3-15(4-2,12-16)14(18)17-10-11-21(19,20)13-8-6-5-7-9-13/h5-9H,3-4,10-12,16H2,1-2H3,(H,17,18). The Hall–Kier alpha value is -1.40. The highest BCUT2D eigenvalue weighted by Gasteiger charge is 2.33. The van der Waals surface area contributed by atoms with Gasteiger partial charge < -0.3 is 11.1 Å². The average molecular weight is 312 g/mol. The Kier molecular flexibility index (Phi) is 6.36. The largest absolute Gasteiger partial charge is 0.355 e. The van der Waals surface area contributed by atoms with Crippen LogP contribution in [0, 0.1) is 5.41 Å².